The third-order valence-corrected chi connectivity index (χ3v) is 3.12. The lowest BCUT2D eigenvalue weighted by Gasteiger charge is -2.27. The predicted octanol–water partition coefficient (Wildman–Crippen LogP) is 0.363. The lowest BCUT2D eigenvalue weighted by molar-refractivity contribution is 0.0926. The van der Waals surface area contributed by atoms with Gasteiger partial charge in [0.2, 0.25) is 0 Å². The largest absolute Gasteiger partial charge is 0.346 e. The molecule has 6 heteroatoms. The van der Waals surface area contributed by atoms with Gasteiger partial charge in [0.15, 0.2) is 0 Å². The van der Waals surface area contributed by atoms with Gasteiger partial charge >= 0.3 is 0 Å². The number of rotatable bonds is 3. The number of nitrogens with one attached hydrogen (secondary N) is 2. The van der Waals surface area contributed by atoms with Crippen LogP contribution >= 0.6 is 11.5 Å². The van der Waals surface area contributed by atoms with E-state index in [0.717, 1.165) is 18.8 Å². The summed E-state index contributed by atoms with van der Waals surface area (Å²) >= 11 is 1.17. The Labute approximate surface area is 92.4 Å². The molecule has 1 saturated heterocycles. The topological polar surface area (TPSA) is 66.9 Å². The van der Waals surface area contributed by atoms with E-state index in [0.29, 0.717) is 4.88 Å². The second-order valence-corrected chi connectivity index (χ2v) is 4.72. The Morgan fingerprint density at radius 1 is 1.60 bits per heavy atom. The monoisotopic (exact) mass is 226 g/mol. The first-order chi connectivity index (χ1) is 7.18. The molecule has 1 fully saturated rings. The molecule has 82 valence electrons. The first kappa shape index (κ1) is 10.5. The van der Waals surface area contributed by atoms with Gasteiger partial charge in [-0.1, -0.05) is 18.3 Å². The van der Waals surface area contributed by atoms with Crippen molar-refractivity contribution in [3.05, 3.63) is 10.6 Å². The maximum absolute atomic E-state index is 11.8. The van der Waals surface area contributed by atoms with Crippen molar-refractivity contribution in [1.29, 1.82) is 0 Å². The Balaban J connectivity index is 2.06. The molecule has 0 saturated carbocycles. The molecular formula is C9H14N4OS. The quantitative estimate of drug-likeness (QED) is 0.781. The number of aromatic nitrogens is 2. The van der Waals surface area contributed by atoms with Gasteiger partial charge in [-0.25, -0.2) is 0 Å². The molecule has 1 aliphatic rings. The second-order valence-electron chi connectivity index (χ2n) is 3.97. The van der Waals surface area contributed by atoms with Crippen molar-refractivity contribution >= 4 is 17.4 Å². The summed E-state index contributed by atoms with van der Waals surface area (Å²) in [7, 11) is 0. The van der Waals surface area contributed by atoms with Crippen molar-refractivity contribution in [2.45, 2.75) is 25.8 Å². The fourth-order valence-corrected chi connectivity index (χ4v) is 2.10. The zero-order valence-electron chi connectivity index (χ0n) is 8.78. The summed E-state index contributed by atoms with van der Waals surface area (Å²) in [6.45, 7) is 5.74. The van der Waals surface area contributed by atoms with E-state index in [-0.39, 0.29) is 17.9 Å². The van der Waals surface area contributed by atoms with Crippen LogP contribution in [0.2, 0.25) is 0 Å². The Morgan fingerprint density at radius 3 is 2.87 bits per heavy atom. The van der Waals surface area contributed by atoms with E-state index in [4.69, 9.17) is 0 Å². The molecule has 0 unspecified atom stereocenters. The van der Waals surface area contributed by atoms with Crippen LogP contribution < -0.4 is 10.6 Å². The average molecular weight is 226 g/mol. The number of hydrogen-bond donors (Lipinski definition) is 2. The summed E-state index contributed by atoms with van der Waals surface area (Å²) in [6, 6.07) is 0.264. The summed E-state index contributed by atoms with van der Waals surface area (Å²) in [6.07, 6.45) is 0. The summed E-state index contributed by atoms with van der Waals surface area (Å²) in [4.78, 5) is 12.5. The summed E-state index contributed by atoms with van der Waals surface area (Å²) < 4.78 is 3.83. The molecule has 0 radical (unpaired) electrons. The van der Waals surface area contributed by atoms with Crippen molar-refractivity contribution in [3.63, 3.8) is 0 Å². The van der Waals surface area contributed by atoms with E-state index < -0.39 is 0 Å². The second kappa shape index (κ2) is 4.24. The van der Waals surface area contributed by atoms with Crippen LogP contribution in [0.5, 0.6) is 0 Å². The highest BCUT2D eigenvalue weighted by atomic mass is 32.1. The average Bonchev–Trinajstić information content (AvgIpc) is 2.59. The highest BCUT2D eigenvalue weighted by molar-refractivity contribution is 7.08. The van der Waals surface area contributed by atoms with E-state index >= 15 is 0 Å². The molecule has 2 rings (SSSR count). The molecule has 1 aliphatic heterocycles. The molecule has 1 amide bonds. The fraction of sp³-hybridized carbons (Fsp3) is 0.667. The van der Waals surface area contributed by atoms with Gasteiger partial charge in [0, 0.05) is 13.1 Å². The Morgan fingerprint density at radius 2 is 2.33 bits per heavy atom. The molecule has 1 aromatic heterocycles. The normalized spacial score (nSPS) is 16.5. The molecule has 0 aliphatic carbocycles. The lowest BCUT2D eigenvalue weighted by Crippen LogP contribution is -2.56. The van der Waals surface area contributed by atoms with Crippen LogP contribution in [0.3, 0.4) is 0 Å². The highest BCUT2D eigenvalue weighted by Crippen LogP contribution is 2.19. The molecule has 0 bridgehead atoms. The third kappa shape index (κ3) is 2.15. The lowest BCUT2D eigenvalue weighted by atomic mass is 10.1. The van der Waals surface area contributed by atoms with Crippen molar-refractivity contribution in [3.8, 4) is 0 Å². The molecule has 5 nitrogen and oxygen atoms in total. The summed E-state index contributed by atoms with van der Waals surface area (Å²) in [5.74, 6) is 0.198. The third-order valence-electron chi connectivity index (χ3n) is 2.38. The Bertz CT molecular complexity index is 359. The maximum Gasteiger partial charge on any atom is 0.265 e. The van der Waals surface area contributed by atoms with E-state index in [1.54, 1.807) is 0 Å². The molecule has 1 aromatic rings. The molecule has 0 spiro atoms. The number of carbonyl (C=O) groups excluding carboxylic acids is 1. The molecule has 15 heavy (non-hydrogen) atoms. The number of carbonyl (C=O) groups is 1. The first-order valence-corrected chi connectivity index (χ1v) is 5.79. The van der Waals surface area contributed by atoms with Crippen LogP contribution in [0.15, 0.2) is 0 Å². The van der Waals surface area contributed by atoms with Crippen LogP contribution in [-0.4, -0.2) is 34.6 Å². The van der Waals surface area contributed by atoms with E-state index in [9.17, 15) is 4.79 Å². The standard InChI is InChI=1S/C9H14N4OS/c1-5(2)7-8(15-13-12-7)9(14)11-6-3-10-4-6/h5-6,10H,3-4H2,1-2H3,(H,11,14). The van der Waals surface area contributed by atoms with Gasteiger partial charge in [0.25, 0.3) is 5.91 Å². The van der Waals surface area contributed by atoms with Gasteiger partial charge in [0.1, 0.15) is 4.88 Å². The van der Waals surface area contributed by atoms with Crippen molar-refractivity contribution in [1.82, 2.24) is 20.2 Å². The Hall–Kier alpha value is -1.01. The molecule has 0 aromatic carbocycles. The van der Waals surface area contributed by atoms with Crippen molar-refractivity contribution < 1.29 is 4.79 Å². The highest BCUT2D eigenvalue weighted by Gasteiger charge is 2.23. The van der Waals surface area contributed by atoms with Crippen LogP contribution in [-0.2, 0) is 0 Å². The zero-order chi connectivity index (χ0) is 10.8. The van der Waals surface area contributed by atoms with E-state index in [1.807, 2.05) is 13.8 Å². The van der Waals surface area contributed by atoms with E-state index in [1.165, 1.54) is 11.5 Å². The number of hydrogen-bond acceptors (Lipinski definition) is 5. The number of nitrogens with zero attached hydrogens (tertiary/aromatic N) is 2. The molecule has 0 atom stereocenters. The minimum Gasteiger partial charge on any atom is -0.346 e. The summed E-state index contributed by atoms with van der Waals surface area (Å²) in [5, 5.41) is 10.0. The predicted molar refractivity (Wildman–Crippen MR) is 58.1 cm³/mol. The van der Waals surface area contributed by atoms with Crippen LogP contribution in [0.4, 0.5) is 0 Å². The van der Waals surface area contributed by atoms with Crippen LogP contribution in [0, 0.1) is 0 Å². The van der Waals surface area contributed by atoms with Gasteiger partial charge in [-0.2, -0.15) is 0 Å². The molecule has 2 N–H and O–H groups in total. The van der Waals surface area contributed by atoms with Gasteiger partial charge in [-0.3, -0.25) is 4.79 Å². The van der Waals surface area contributed by atoms with Gasteiger partial charge in [-0.15, -0.1) is 5.10 Å². The summed E-state index contributed by atoms with van der Waals surface area (Å²) in [5.41, 5.74) is 0.796. The minimum absolute atomic E-state index is 0.0415. The van der Waals surface area contributed by atoms with E-state index in [2.05, 4.69) is 20.2 Å². The minimum atomic E-state index is -0.0415. The molecule has 2 heterocycles. The van der Waals surface area contributed by atoms with Gasteiger partial charge in [-0.05, 0) is 17.5 Å². The Kier molecular flexibility index (Phi) is 2.97. The zero-order valence-corrected chi connectivity index (χ0v) is 9.60. The van der Waals surface area contributed by atoms with Gasteiger partial charge < -0.3 is 10.6 Å². The molecular weight excluding hydrogens is 212 g/mol. The fourth-order valence-electron chi connectivity index (χ4n) is 1.37. The van der Waals surface area contributed by atoms with Crippen molar-refractivity contribution in [2.75, 3.05) is 13.1 Å². The van der Waals surface area contributed by atoms with Gasteiger partial charge in [0.05, 0.1) is 11.7 Å². The van der Waals surface area contributed by atoms with Crippen molar-refractivity contribution in [2.24, 2.45) is 0 Å². The maximum atomic E-state index is 11.8. The van der Waals surface area contributed by atoms with Crippen LogP contribution in [0.1, 0.15) is 35.1 Å². The van der Waals surface area contributed by atoms with Crippen LogP contribution in [0.25, 0.3) is 0 Å². The first-order valence-electron chi connectivity index (χ1n) is 5.02. The number of amides is 1. The smallest absolute Gasteiger partial charge is 0.265 e. The SMILES string of the molecule is CC(C)c1nnsc1C(=O)NC1CNC1.